The molecule has 5 fully saturated rings. The zero-order valence-corrected chi connectivity index (χ0v) is 26.9. The molecule has 0 spiro atoms. The number of morpholine rings is 1. The molecule has 3 aliphatic heterocycles. The zero-order valence-electron chi connectivity index (χ0n) is 26.9. The van der Waals surface area contributed by atoms with E-state index in [2.05, 4.69) is 37.4 Å². The maximum Gasteiger partial charge on any atom is 0.256 e. The summed E-state index contributed by atoms with van der Waals surface area (Å²) in [5.74, 6) is -0.0235. The zero-order chi connectivity index (χ0) is 30.9. The van der Waals surface area contributed by atoms with Gasteiger partial charge in [0.2, 0.25) is 0 Å². The number of hydrogen-bond acceptors (Lipinski definition) is 8. The number of likely N-dealkylation sites (N-methyl/N-ethyl adjacent to an activating group) is 1. The highest BCUT2D eigenvalue weighted by atomic mass is 19.1. The topological polar surface area (TPSA) is 95.0 Å². The van der Waals surface area contributed by atoms with Crippen LogP contribution in [0, 0.1) is 17.8 Å². The molecule has 2 N–H and O–H groups in total. The van der Waals surface area contributed by atoms with E-state index >= 15 is 4.39 Å². The van der Waals surface area contributed by atoms with Crippen molar-refractivity contribution in [1.29, 1.82) is 0 Å². The molecule has 0 radical (unpaired) electrons. The predicted octanol–water partition coefficient (Wildman–Crippen LogP) is 2.22. The summed E-state index contributed by atoms with van der Waals surface area (Å²) in [7, 11) is 2.17. The van der Waals surface area contributed by atoms with Crippen molar-refractivity contribution in [2.45, 2.75) is 101 Å². The molecule has 0 bridgehead atoms. The van der Waals surface area contributed by atoms with Crippen molar-refractivity contribution in [2.75, 3.05) is 52.9 Å². The highest BCUT2D eigenvalue weighted by Crippen LogP contribution is 2.50. The Kier molecular flexibility index (Phi) is 9.59. The Morgan fingerprint density at radius 2 is 1.87 bits per heavy atom. The summed E-state index contributed by atoms with van der Waals surface area (Å²) in [5.41, 5.74) is 0.190. The van der Waals surface area contributed by atoms with E-state index in [1.807, 2.05) is 17.0 Å². The Morgan fingerprint density at radius 3 is 2.69 bits per heavy atom. The molecule has 2 saturated heterocycles. The standard InChI is InChI=1S/C34H52FN7O3/c1-39-16-18-40(19-17-39)13-4-10-37-29-27(35)20-25-30-33(29)45-32-24-7-3-2-6-23(24)8-9-28(32)42(30)21-26(31(25)43)34(44)38-11-5-14-41-15-12-36-22-41/h12,15,21-25,27-30,32-33,37H,2-11,13-14,16-20H2,1H3,(H,38,44). The summed E-state index contributed by atoms with van der Waals surface area (Å²) in [4.78, 5) is 38.6. The van der Waals surface area contributed by atoms with Gasteiger partial charge in [-0.15, -0.1) is 0 Å². The number of carbonyl (C=O) groups is 2. The van der Waals surface area contributed by atoms with E-state index in [1.165, 1.54) is 19.3 Å². The maximum absolute atomic E-state index is 16.2. The van der Waals surface area contributed by atoms with Crippen LogP contribution in [0.15, 0.2) is 30.5 Å². The predicted molar refractivity (Wildman–Crippen MR) is 169 cm³/mol. The van der Waals surface area contributed by atoms with Gasteiger partial charge in [-0.05, 0) is 70.5 Å². The van der Waals surface area contributed by atoms with E-state index in [-0.39, 0.29) is 41.9 Å². The van der Waals surface area contributed by atoms with Gasteiger partial charge in [-0.3, -0.25) is 9.59 Å². The number of piperazine rings is 1. The molecule has 7 rings (SSSR count). The molecule has 4 heterocycles. The quantitative estimate of drug-likeness (QED) is 0.302. The highest BCUT2D eigenvalue weighted by molar-refractivity contribution is 6.20. The number of rotatable bonds is 10. The number of fused-ring (bicyclic) bond motifs is 4. The largest absolute Gasteiger partial charge is 0.369 e. The molecule has 11 heteroatoms. The van der Waals surface area contributed by atoms with E-state index in [0.717, 1.165) is 77.9 Å². The van der Waals surface area contributed by atoms with Crippen LogP contribution in [0.5, 0.6) is 0 Å². The number of amides is 1. The Bertz CT molecular complexity index is 1200. The Balaban J connectivity index is 1.07. The first-order valence-corrected chi connectivity index (χ1v) is 17.7. The number of ketones is 1. The molecule has 1 aromatic heterocycles. The van der Waals surface area contributed by atoms with Crippen LogP contribution in [0.4, 0.5) is 4.39 Å². The number of halogens is 1. The maximum atomic E-state index is 16.2. The Labute approximate surface area is 267 Å². The number of nitrogens with one attached hydrogen (secondary N) is 2. The number of aromatic nitrogens is 2. The fraction of sp³-hybridized carbons (Fsp3) is 0.794. The van der Waals surface area contributed by atoms with E-state index in [0.29, 0.717) is 18.4 Å². The van der Waals surface area contributed by atoms with Gasteiger partial charge in [0.25, 0.3) is 5.91 Å². The number of imidazole rings is 1. The van der Waals surface area contributed by atoms with Crippen LogP contribution in [0.3, 0.4) is 0 Å². The van der Waals surface area contributed by atoms with Crippen LogP contribution in [-0.2, 0) is 20.9 Å². The van der Waals surface area contributed by atoms with Crippen molar-refractivity contribution in [1.82, 2.24) is 34.9 Å². The second kappa shape index (κ2) is 13.8. The van der Waals surface area contributed by atoms with Crippen LogP contribution < -0.4 is 10.6 Å². The van der Waals surface area contributed by atoms with Crippen molar-refractivity contribution in [3.8, 4) is 0 Å². The summed E-state index contributed by atoms with van der Waals surface area (Å²) in [6, 6.07) is -0.566. The fourth-order valence-corrected chi connectivity index (χ4v) is 9.38. The molecular weight excluding hydrogens is 573 g/mol. The molecule has 6 aliphatic rings. The van der Waals surface area contributed by atoms with E-state index in [9.17, 15) is 9.59 Å². The minimum absolute atomic E-state index is 0.00910. The fourth-order valence-electron chi connectivity index (χ4n) is 9.38. The minimum atomic E-state index is -1.20. The number of ether oxygens (including phenoxy) is 1. The molecular formula is C34H52FN7O3. The van der Waals surface area contributed by atoms with Crippen LogP contribution in [-0.4, -0.2) is 125 Å². The van der Waals surface area contributed by atoms with Gasteiger partial charge in [0.15, 0.2) is 5.78 Å². The van der Waals surface area contributed by atoms with Crippen LogP contribution in [0.1, 0.15) is 57.8 Å². The van der Waals surface area contributed by atoms with Gasteiger partial charge in [-0.25, -0.2) is 9.37 Å². The van der Waals surface area contributed by atoms with Crippen molar-refractivity contribution >= 4 is 11.7 Å². The summed E-state index contributed by atoms with van der Waals surface area (Å²) in [6.45, 7) is 7.28. The molecule has 248 valence electrons. The number of carbonyl (C=O) groups excluding carboxylic acids is 2. The van der Waals surface area contributed by atoms with Gasteiger partial charge in [0.05, 0.1) is 42.2 Å². The summed E-state index contributed by atoms with van der Waals surface area (Å²) in [5, 5.41) is 6.57. The first kappa shape index (κ1) is 31.3. The van der Waals surface area contributed by atoms with Crippen molar-refractivity contribution in [3.05, 3.63) is 30.5 Å². The Morgan fingerprint density at radius 1 is 1.04 bits per heavy atom. The summed E-state index contributed by atoms with van der Waals surface area (Å²) < 4.78 is 25.2. The second-order valence-electron chi connectivity index (χ2n) is 14.5. The third-order valence-corrected chi connectivity index (χ3v) is 11.8. The third-order valence-electron chi connectivity index (χ3n) is 11.8. The van der Waals surface area contributed by atoms with Crippen LogP contribution in [0.25, 0.3) is 0 Å². The Hall–Kier alpha value is -2.34. The molecule has 1 aromatic rings. The van der Waals surface area contributed by atoms with Gasteiger partial charge >= 0.3 is 0 Å². The lowest BCUT2D eigenvalue weighted by molar-refractivity contribution is -0.220. The van der Waals surface area contributed by atoms with Crippen LogP contribution >= 0.6 is 0 Å². The van der Waals surface area contributed by atoms with Gasteiger partial charge in [-0.1, -0.05) is 19.3 Å². The second-order valence-corrected chi connectivity index (χ2v) is 14.5. The third kappa shape index (κ3) is 6.47. The number of Topliss-reactive ketones (excluding diaryl/α,β-unsaturated/α-hetero) is 1. The monoisotopic (exact) mass is 625 g/mol. The van der Waals surface area contributed by atoms with Crippen molar-refractivity contribution < 1.29 is 18.7 Å². The number of aryl methyl sites for hydroxylation is 1. The first-order chi connectivity index (χ1) is 22.0. The molecule has 0 aromatic carbocycles. The van der Waals surface area contributed by atoms with Gasteiger partial charge in [-0.2, -0.15) is 0 Å². The normalized spacial score (nSPS) is 36.9. The van der Waals surface area contributed by atoms with Crippen molar-refractivity contribution in [3.63, 3.8) is 0 Å². The number of nitrogens with zero attached hydrogens (tertiary/aromatic N) is 5. The van der Waals surface area contributed by atoms with E-state index in [4.69, 9.17) is 4.74 Å². The van der Waals surface area contributed by atoms with Crippen LogP contribution in [0.2, 0.25) is 0 Å². The molecule has 9 atom stereocenters. The molecule has 3 aliphatic carbocycles. The lowest BCUT2D eigenvalue weighted by atomic mass is 9.64. The van der Waals surface area contributed by atoms with Crippen molar-refractivity contribution in [2.24, 2.45) is 17.8 Å². The SMILES string of the molecule is CN1CCN(CCCNC2C(F)CC3C(=O)C(C(=O)NCCCn4ccnc4)=CN4C5CCC6CCCCC6C5OC2C34)CC1. The first-order valence-electron chi connectivity index (χ1n) is 17.7. The average Bonchev–Trinajstić information content (AvgIpc) is 3.58. The smallest absolute Gasteiger partial charge is 0.256 e. The minimum Gasteiger partial charge on any atom is -0.369 e. The van der Waals surface area contributed by atoms with Gasteiger partial charge in [0.1, 0.15) is 6.17 Å². The number of alkyl halides is 1. The van der Waals surface area contributed by atoms with E-state index in [1.54, 1.807) is 12.5 Å². The van der Waals surface area contributed by atoms with Gasteiger partial charge < -0.3 is 34.6 Å². The molecule has 10 nitrogen and oxygen atoms in total. The number of hydrogen-bond donors (Lipinski definition) is 2. The molecule has 1 amide bonds. The van der Waals surface area contributed by atoms with E-state index < -0.39 is 24.2 Å². The highest BCUT2D eigenvalue weighted by Gasteiger charge is 2.60. The molecule has 3 saturated carbocycles. The lowest BCUT2D eigenvalue weighted by Crippen LogP contribution is -2.74. The summed E-state index contributed by atoms with van der Waals surface area (Å²) >= 11 is 0. The summed E-state index contributed by atoms with van der Waals surface area (Å²) in [6.07, 6.45) is 14.5. The molecule has 45 heavy (non-hydrogen) atoms. The molecule has 9 unspecified atom stereocenters. The van der Waals surface area contributed by atoms with Gasteiger partial charge in [0, 0.05) is 63.8 Å². The average molecular weight is 626 g/mol. The lowest BCUT2D eigenvalue weighted by Gasteiger charge is -2.61.